The van der Waals surface area contributed by atoms with Crippen LogP contribution in [0.4, 0.5) is 25.0 Å². The van der Waals surface area contributed by atoms with Gasteiger partial charge < -0.3 is 15.6 Å². The van der Waals surface area contributed by atoms with Crippen LogP contribution in [0.5, 0.6) is 0 Å². The van der Waals surface area contributed by atoms with Crippen molar-refractivity contribution in [2.75, 3.05) is 23.8 Å². The predicted molar refractivity (Wildman–Crippen MR) is 80.9 cm³/mol. The molecule has 1 aliphatic rings. The highest BCUT2D eigenvalue weighted by Crippen LogP contribution is 2.31. The lowest BCUT2D eigenvalue weighted by atomic mass is 10.0. The first-order valence-electron chi connectivity index (χ1n) is 6.93. The molecule has 2 aromatic rings. The van der Waals surface area contributed by atoms with Crippen molar-refractivity contribution >= 4 is 17.5 Å². The summed E-state index contributed by atoms with van der Waals surface area (Å²) in [5.74, 6) is -1.30. The average molecular weight is 320 g/mol. The number of cyclic esters (lactones) is 1. The number of halogens is 2. The van der Waals surface area contributed by atoms with Crippen molar-refractivity contribution in [3.05, 3.63) is 48.0 Å². The summed E-state index contributed by atoms with van der Waals surface area (Å²) in [6.07, 6.45) is -1.30. The molecule has 1 fully saturated rings. The predicted octanol–water partition coefficient (Wildman–Crippen LogP) is 2.53. The van der Waals surface area contributed by atoms with E-state index in [-0.39, 0.29) is 35.7 Å². The molecule has 1 saturated heterocycles. The van der Waals surface area contributed by atoms with E-state index >= 15 is 0 Å². The number of nitrogens with zero attached hydrogens (tertiary/aromatic N) is 1. The van der Waals surface area contributed by atoms with Gasteiger partial charge in [0.2, 0.25) is 0 Å². The minimum atomic E-state index is -0.675. The highest BCUT2D eigenvalue weighted by atomic mass is 19.1. The standard InChI is InChI=1S/C16H14F2N2O3/c17-14-5-9(19)1-3-12(14)13-4-2-10(6-15(13)18)20-7-11(8-21)23-16(20)22/h1-6,11,21H,7-8,19H2/t11-/m1/s1. The third kappa shape index (κ3) is 2.83. The van der Waals surface area contributed by atoms with Crippen LogP contribution >= 0.6 is 0 Å². The number of benzene rings is 2. The molecule has 0 radical (unpaired) electrons. The van der Waals surface area contributed by atoms with E-state index < -0.39 is 23.8 Å². The number of amides is 1. The van der Waals surface area contributed by atoms with Crippen LogP contribution in [0.25, 0.3) is 11.1 Å². The van der Waals surface area contributed by atoms with Gasteiger partial charge >= 0.3 is 6.09 Å². The summed E-state index contributed by atoms with van der Waals surface area (Å²) in [4.78, 5) is 12.9. The fraction of sp³-hybridized carbons (Fsp3) is 0.188. The van der Waals surface area contributed by atoms with Gasteiger partial charge in [0.05, 0.1) is 18.8 Å². The van der Waals surface area contributed by atoms with E-state index in [1.807, 2.05) is 0 Å². The van der Waals surface area contributed by atoms with Gasteiger partial charge in [-0.15, -0.1) is 0 Å². The Kier molecular flexibility index (Phi) is 3.87. The zero-order valence-electron chi connectivity index (χ0n) is 12.0. The maximum Gasteiger partial charge on any atom is 0.414 e. The Morgan fingerprint density at radius 2 is 1.83 bits per heavy atom. The highest BCUT2D eigenvalue weighted by Gasteiger charge is 2.32. The van der Waals surface area contributed by atoms with Gasteiger partial charge in [0.15, 0.2) is 0 Å². The molecule has 2 aromatic carbocycles. The van der Waals surface area contributed by atoms with Gasteiger partial charge in [-0.2, -0.15) is 0 Å². The van der Waals surface area contributed by atoms with E-state index in [4.69, 9.17) is 15.6 Å². The summed E-state index contributed by atoms with van der Waals surface area (Å²) in [6.45, 7) is -0.177. The van der Waals surface area contributed by atoms with Gasteiger partial charge in [0.1, 0.15) is 17.7 Å². The van der Waals surface area contributed by atoms with Gasteiger partial charge in [-0.25, -0.2) is 13.6 Å². The zero-order valence-corrected chi connectivity index (χ0v) is 12.0. The second kappa shape index (κ2) is 5.85. The normalized spacial score (nSPS) is 17.4. The third-order valence-corrected chi connectivity index (χ3v) is 3.63. The van der Waals surface area contributed by atoms with Gasteiger partial charge in [-0.3, -0.25) is 4.90 Å². The molecule has 0 aliphatic carbocycles. The molecule has 0 unspecified atom stereocenters. The van der Waals surface area contributed by atoms with E-state index in [1.165, 1.54) is 29.2 Å². The molecule has 23 heavy (non-hydrogen) atoms. The molecule has 1 heterocycles. The molecule has 120 valence electrons. The highest BCUT2D eigenvalue weighted by molar-refractivity contribution is 5.90. The topological polar surface area (TPSA) is 75.8 Å². The summed E-state index contributed by atoms with van der Waals surface area (Å²) >= 11 is 0. The summed E-state index contributed by atoms with van der Waals surface area (Å²) in [5, 5.41) is 9.02. The minimum absolute atomic E-state index is 0.0672. The van der Waals surface area contributed by atoms with Crippen molar-refractivity contribution in [1.29, 1.82) is 0 Å². The van der Waals surface area contributed by atoms with Gasteiger partial charge in [-0.05, 0) is 36.4 Å². The maximum atomic E-state index is 14.3. The Morgan fingerprint density at radius 3 is 2.39 bits per heavy atom. The molecule has 5 nitrogen and oxygen atoms in total. The number of ether oxygens (including phenoxy) is 1. The fourth-order valence-corrected chi connectivity index (χ4v) is 2.47. The number of aliphatic hydroxyl groups excluding tert-OH is 1. The van der Waals surface area contributed by atoms with Crippen molar-refractivity contribution in [3.63, 3.8) is 0 Å². The number of anilines is 2. The van der Waals surface area contributed by atoms with Gasteiger partial charge in [0.25, 0.3) is 0 Å². The molecule has 3 rings (SSSR count). The number of nitrogen functional groups attached to an aromatic ring is 1. The lowest BCUT2D eigenvalue weighted by Crippen LogP contribution is -2.25. The zero-order chi connectivity index (χ0) is 16.6. The second-order valence-electron chi connectivity index (χ2n) is 5.20. The van der Waals surface area contributed by atoms with E-state index in [0.29, 0.717) is 0 Å². The number of rotatable bonds is 3. The molecule has 0 bridgehead atoms. The van der Waals surface area contributed by atoms with Crippen LogP contribution in [-0.2, 0) is 4.74 Å². The summed E-state index contributed by atoms with van der Waals surface area (Å²) < 4.78 is 33.2. The SMILES string of the molecule is Nc1ccc(-c2ccc(N3C[C@H](CO)OC3=O)cc2F)c(F)c1. The number of carbonyl (C=O) groups is 1. The Balaban J connectivity index is 1.94. The van der Waals surface area contributed by atoms with Crippen LogP contribution < -0.4 is 10.6 Å². The smallest absolute Gasteiger partial charge is 0.414 e. The molecular weight excluding hydrogens is 306 g/mol. The summed E-state index contributed by atoms with van der Waals surface area (Å²) in [5.41, 5.74) is 6.16. The lowest BCUT2D eigenvalue weighted by Gasteiger charge is -2.14. The minimum Gasteiger partial charge on any atom is -0.441 e. The largest absolute Gasteiger partial charge is 0.441 e. The van der Waals surface area contributed by atoms with Crippen LogP contribution in [0, 0.1) is 11.6 Å². The van der Waals surface area contributed by atoms with E-state index in [1.54, 1.807) is 0 Å². The number of nitrogens with two attached hydrogens (primary N) is 1. The molecule has 7 heteroatoms. The van der Waals surface area contributed by atoms with Gasteiger partial charge in [0, 0.05) is 16.8 Å². The van der Waals surface area contributed by atoms with Crippen molar-refractivity contribution in [1.82, 2.24) is 0 Å². The average Bonchev–Trinajstić information content (AvgIpc) is 2.89. The number of hydrogen-bond acceptors (Lipinski definition) is 4. The van der Waals surface area contributed by atoms with Crippen LogP contribution in [0.2, 0.25) is 0 Å². The first kappa shape index (κ1) is 15.2. The Hall–Kier alpha value is -2.67. The van der Waals surface area contributed by atoms with Crippen LogP contribution in [0.3, 0.4) is 0 Å². The van der Waals surface area contributed by atoms with Crippen LogP contribution in [-0.4, -0.2) is 30.5 Å². The molecule has 0 spiro atoms. The molecule has 0 saturated carbocycles. The van der Waals surface area contributed by atoms with Crippen molar-refractivity contribution in [2.45, 2.75) is 6.10 Å². The molecular formula is C16H14F2N2O3. The quantitative estimate of drug-likeness (QED) is 0.852. The molecule has 1 aliphatic heterocycles. The first-order chi connectivity index (χ1) is 11.0. The number of hydrogen-bond donors (Lipinski definition) is 2. The fourth-order valence-electron chi connectivity index (χ4n) is 2.47. The van der Waals surface area contributed by atoms with E-state index in [2.05, 4.69) is 0 Å². The van der Waals surface area contributed by atoms with Gasteiger partial charge in [-0.1, -0.05) is 0 Å². The Bertz CT molecular complexity index is 767. The van der Waals surface area contributed by atoms with Crippen LogP contribution in [0.1, 0.15) is 0 Å². The lowest BCUT2D eigenvalue weighted by molar-refractivity contribution is 0.0963. The van der Waals surface area contributed by atoms with Crippen molar-refractivity contribution in [2.24, 2.45) is 0 Å². The van der Waals surface area contributed by atoms with Crippen LogP contribution in [0.15, 0.2) is 36.4 Å². The van der Waals surface area contributed by atoms with Crippen molar-refractivity contribution < 1.29 is 23.4 Å². The first-order valence-corrected chi connectivity index (χ1v) is 6.93. The summed E-state index contributed by atoms with van der Waals surface area (Å²) in [6, 6.07) is 8.01. The molecule has 1 amide bonds. The Labute approximate surface area is 130 Å². The molecule has 0 aromatic heterocycles. The molecule has 1 atom stereocenters. The monoisotopic (exact) mass is 320 g/mol. The summed E-state index contributed by atoms with van der Waals surface area (Å²) in [7, 11) is 0. The number of aliphatic hydroxyl groups is 1. The maximum absolute atomic E-state index is 14.3. The molecule has 3 N–H and O–H groups in total. The Morgan fingerprint density at radius 1 is 1.17 bits per heavy atom. The number of carbonyl (C=O) groups excluding carboxylic acids is 1. The second-order valence-corrected chi connectivity index (χ2v) is 5.20. The van der Waals surface area contributed by atoms with E-state index in [9.17, 15) is 13.6 Å². The van der Waals surface area contributed by atoms with E-state index in [0.717, 1.165) is 12.1 Å². The third-order valence-electron chi connectivity index (χ3n) is 3.63. The van der Waals surface area contributed by atoms with Crippen molar-refractivity contribution in [3.8, 4) is 11.1 Å².